The molecule has 1 aliphatic rings. The Kier molecular flexibility index (Phi) is 7.99. The molecule has 0 bridgehead atoms. The summed E-state index contributed by atoms with van der Waals surface area (Å²) >= 11 is 7.51. The maximum atomic E-state index is 12.9. The molecule has 7 heteroatoms. The topological polar surface area (TPSA) is 54.3 Å². The van der Waals surface area contributed by atoms with E-state index >= 15 is 0 Å². The van der Waals surface area contributed by atoms with Crippen molar-refractivity contribution in [3.63, 3.8) is 0 Å². The zero-order valence-corrected chi connectivity index (χ0v) is 20.5. The number of aromatic nitrogens is 1. The summed E-state index contributed by atoms with van der Waals surface area (Å²) in [6.45, 7) is 4.21. The third-order valence-corrected chi connectivity index (χ3v) is 7.55. The molecular weight excluding hydrogens is 454 g/mol. The van der Waals surface area contributed by atoms with Gasteiger partial charge in [0.15, 0.2) is 0 Å². The van der Waals surface area contributed by atoms with Gasteiger partial charge in [-0.2, -0.15) is 0 Å². The maximum Gasteiger partial charge on any atom is 0.251 e. The summed E-state index contributed by atoms with van der Waals surface area (Å²) in [5.41, 5.74) is 1.70. The Morgan fingerprint density at radius 3 is 2.70 bits per heavy atom. The molecule has 1 N–H and O–H groups in total. The van der Waals surface area contributed by atoms with Crippen LogP contribution in [0.4, 0.5) is 0 Å². The number of benzene rings is 2. The molecule has 2 aromatic carbocycles. The Bertz CT molecular complexity index is 1110. The third-order valence-electron chi connectivity index (χ3n) is 6.27. The van der Waals surface area contributed by atoms with E-state index < -0.39 is 0 Å². The average molecular weight is 484 g/mol. The fourth-order valence-corrected chi connectivity index (χ4v) is 5.58. The van der Waals surface area contributed by atoms with Crippen molar-refractivity contribution in [2.75, 3.05) is 18.8 Å². The third kappa shape index (κ3) is 5.74. The second-order valence-corrected chi connectivity index (χ2v) is 9.85. The predicted octanol–water partition coefficient (Wildman–Crippen LogP) is 5.61. The number of likely N-dealkylation sites (tertiary alicyclic amines) is 1. The normalized spacial score (nSPS) is 16.2. The van der Waals surface area contributed by atoms with E-state index in [9.17, 15) is 9.59 Å². The molecule has 1 unspecified atom stereocenters. The van der Waals surface area contributed by atoms with Crippen LogP contribution in [-0.4, -0.2) is 46.2 Å². The van der Waals surface area contributed by atoms with Gasteiger partial charge >= 0.3 is 0 Å². The summed E-state index contributed by atoms with van der Waals surface area (Å²) < 4.78 is 2.15. The highest BCUT2D eigenvalue weighted by molar-refractivity contribution is 8.00. The molecule has 1 fully saturated rings. The zero-order valence-electron chi connectivity index (χ0n) is 18.9. The second kappa shape index (κ2) is 11.1. The first-order valence-electron chi connectivity index (χ1n) is 11.6. The first kappa shape index (κ1) is 23.7. The van der Waals surface area contributed by atoms with Crippen LogP contribution in [0.25, 0.3) is 10.9 Å². The van der Waals surface area contributed by atoms with E-state index in [0.29, 0.717) is 35.5 Å². The van der Waals surface area contributed by atoms with Crippen LogP contribution in [0.3, 0.4) is 0 Å². The Balaban J connectivity index is 1.39. The van der Waals surface area contributed by atoms with Gasteiger partial charge < -0.3 is 14.8 Å². The molecular formula is C26H30ClN3O2S. The number of nitrogens with one attached hydrogen (secondary N) is 1. The molecule has 2 heterocycles. The summed E-state index contributed by atoms with van der Waals surface area (Å²) in [6, 6.07) is 15.5. The highest BCUT2D eigenvalue weighted by atomic mass is 35.5. The fraction of sp³-hybridized carbons (Fsp3) is 0.385. The Morgan fingerprint density at radius 1 is 1.12 bits per heavy atom. The van der Waals surface area contributed by atoms with Crippen molar-refractivity contribution in [3.8, 4) is 0 Å². The van der Waals surface area contributed by atoms with Crippen molar-refractivity contribution in [2.24, 2.45) is 0 Å². The Hall–Kier alpha value is -2.44. The number of carbonyl (C=O) groups excluding carboxylic acids is 2. The molecule has 0 saturated carbocycles. The van der Waals surface area contributed by atoms with Crippen LogP contribution in [0.2, 0.25) is 5.02 Å². The number of rotatable bonds is 8. The number of piperidine rings is 1. The number of thioether (sulfide) groups is 1. The van der Waals surface area contributed by atoms with Crippen LogP contribution in [0.5, 0.6) is 0 Å². The number of nitrogens with zero attached hydrogens (tertiary/aromatic N) is 2. The molecule has 1 aliphatic heterocycles. The molecule has 33 heavy (non-hydrogen) atoms. The Labute approximate surface area is 204 Å². The maximum absolute atomic E-state index is 12.9. The molecule has 1 aromatic heterocycles. The average Bonchev–Trinajstić information content (AvgIpc) is 3.20. The predicted molar refractivity (Wildman–Crippen MR) is 136 cm³/mol. The van der Waals surface area contributed by atoms with Crippen LogP contribution in [-0.2, 0) is 11.3 Å². The van der Waals surface area contributed by atoms with Gasteiger partial charge in [-0.15, -0.1) is 11.8 Å². The van der Waals surface area contributed by atoms with Crippen LogP contribution in [0, 0.1) is 0 Å². The number of fused-ring (bicyclic) bond motifs is 1. The lowest BCUT2D eigenvalue weighted by atomic mass is 10.0. The number of carbonyl (C=O) groups is 2. The van der Waals surface area contributed by atoms with Gasteiger partial charge in [0.1, 0.15) is 0 Å². The summed E-state index contributed by atoms with van der Waals surface area (Å²) in [5.74, 6) is 0.576. The molecule has 174 valence electrons. The molecule has 0 aliphatic carbocycles. The molecule has 1 saturated heterocycles. The largest absolute Gasteiger partial charge is 0.350 e. The van der Waals surface area contributed by atoms with Gasteiger partial charge in [0, 0.05) is 58.3 Å². The van der Waals surface area contributed by atoms with Gasteiger partial charge in [0.2, 0.25) is 5.91 Å². The summed E-state index contributed by atoms with van der Waals surface area (Å²) in [4.78, 5) is 28.5. The number of halogens is 1. The van der Waals surface area contributed by atoms with Crippen LogP contribution >= 0.6 is 23.4 Å². The lowest BCUT2D eigenvalue weighted by Crippen LogP contribution is -2.44. The molecule has 1 atom stereocenters. The highest BCUT2D eigenvalue weighted by Gasteiger charge is 2.25. The second-order valence-electron chi connectivity index (χ2n) is 8.40. The minimum Gasteiger partial charge on any atom is -0.350 e. The van der Waals surface area contributed by atoms with E-state index in [0.717, 1.165) is 41.6 Å². The zero-order chi connectivity index (χ0) is 23.2. The highest BCUT2D eigenvalue weighted by Crippen LogP contribution is 2.31. The van der Waals surface area contributed by atoms with Crippen LogP contribution in [0.1, 0.15) is 43.0 Å². The van der Waals surface area contributed by atoms with E-state index in [1.54, 1.807) is 36.0 Å². The van der Waals surface area contributed by atoms with Crippen LogP contribution < -0.4 is 5.32 Å². The van der Waals surface area contributed by atoms with Gasteiger partial charge in [0.25, 0.3) is 5.91 Å². The molecule has 5 nitrogen and oxygen atoms in total. The molecule has 0 radical (unpaired) electrons. The number of hydrogen-bond acceptors (Lipinski definition) is 3. The van der Waals surface area contributed by atoms with E-state index in [4.69, 9.17) is 11.6 Å². The molecule has 0 spiro atoms. The van der Waals surface area contributed by atoms with E-state index in [1.807, 2.05) is 12.1 Å². The van der Waals surface area contributed by atoms with Crippen molar-refractivity contribution < 1.29 is 9.59 Å². The van der Waals surface area contributed by atoms with Gasteiger partial charge in [-0.1, -0.05) is 36.7 Å². The molecule has 3 aromatic rings. The Morgan fingerprint density at radius 2 is 1.91 bits per heavy atom. The minimum atomic E-state index is -0.115. The van der Waals surface area contributed by atoms with Crippen molar-refractivity contribution in [3.05, 3.63) is 65.3 Å². The smallest absolute Gasteiger partial charge is 0.251 e. The fourth-order valence-electron chi connectivity index (χ4n) is 4.48. The van der Waals surface area contributed by atoms with Crippen molar-refractivity contribution in [2.45, 2.75) is 50.1 Å². The van der Waals surface area contributed by atoms with Crippen molar-refractivity contribution >= 4 is 46.1 Å². The lowest BCUT2D eigenvalue weighted by molar-refractivity contribution is -0.132. The van der Waals surface area contributed by atoms with E-state index in [2.05, 4.69) is 40.0 Å². The van der Waals surface area contributed by atoms with Gasteiger partial charge in [-0.3, -0.25) is 9.59 Å². The first-order chi connectivity index (χ1) is 16.1. The summed E-state index contributed by atoms with van der Waals surface area (Å²) in [5, 5.41) is 4.73. The summed E-state index contributed by atoms with van der Waals surface area (Å²) in [7, 11) is 0. The SMILES string of the molecule is CCC1CCCCN1C(=O)CSc1cn(CCNC(=O)c2ccc(Cl)cc2)c2ccccc12. The summed E-state index contributed by atoms with van der Waals surface area (Å²) in [6.07, 6.45) is 6.57. The van der Waals surface area contributed by atoms with Gasteiger partial charge in [-0.25, -0.2) is 0 Å². The van der Waals surface area contributed by atoms with E-state index in [1.165, 1.54) is 6.42 Å². The lowest BCUT2D eigenvalue weighted by Gasteiger charge is -2.35. The van der Waals surface area contributed by atoms with Gasteiger partial charge in [-0.05, 0) is 56.0 Å². The quantitative estimate of drug-likeness (QED) is 0.424. The van der Waals surface area contributed by atoms with Crippen molar-refractivity contribution in [1.82, 2.24) is 14.8 Å². The van der Waals surface area contributed by atoms with Crippen LogP contribution in [0.15, 0.2) is 59.6 Å². The number of para-hydroxylation sites is 1. The minimum absolute atomic E-state index is 0.115. The standard InChI is InChI=1S/C26H30ClN3O2S/c1-2-21-7-5-6-15-30(21)25(31)18-33-24-17-29(23-9-4-3-8-22(23)24)16-14-28-26(32)19-10-12-20(27)13-11-19/h3-4,8-13,17,21H,2,5-7,14-16,18H2,1H3,(H,28,32). The van der Waals surface area contributed by atoms with Crippen molar-refractivity contribution in [1.29, 1.82) is 0 Å². The number of amides is 2. The van der Waals surface area contributed by atoms with E-state index in [-0.39, 0.29) is 11.8 Å². The first-order valence-corrected chi connectivity index (χ1v) is 13.0. The molecule has 2 amide bonds. The monoisotopic (exact) mass is 483 g/mol. The number of hydrogen-bond donors (Lipinski definition) is 1. The van der Waals surface area contributed by atoms with Gasteiger partial charge in [0.05, 0.1) is 5.75 Å². The molecule has 4 rings (SSSR count).